The van der Waals surface area contributed by atoms with E-state index in [2.05, 4.69) is 17.4 Å². The minimum absolute atomic E-state index is 0.0578. The first kappa shape index (κ1) is 35.0. The topological polar surface area (TPSA) is 95.9 Å². The summed E-state index contributed by atoms with van der Waals surface area (Å²) in [5, 5.41) is 13.0. The van der Waals surface area contributed by atoms with Crippen molar-refractivity contribution >= 4 is 18.0 Å². The number of nitrogens with one attached hydrogen (secondary N) is 1. The second-order valence-electron chi connectivity index (χ2n) is 12.4. The molecule has 4 rings (SSSR count). The van der Waals surface area contributed by atoms with Crippen LogP contribution in [0.5, 0.6) is 0 Å². The Morgan fingerprint density at radius 3 is 1.87 bits per heavy atom. The highest BCUT2D eigenvalue weighted by molar-refractivity contribution is 5.84. The molecular weight excluding hydrogens is 588 g/mol. The maximum Gasteiger partial charge on any atom is 0.329 e. The molecule has 7 heteroatoms. The zero-order chi connectivity index (χ0) is 33.4. The molecule has 2 amide bonds. The van der Waals surface area contributed by atoms with Gasteiger partial charge >= 0.3 is 18.0 Å². The van der Waals surface area contributed by atoms with Gasteiger partial charge in [-0.2, -0.15) is 0 Å². The molecule has 2 atom stereocenters. The van der Waals surface area contributed by atoms with Crippen LogP contribution >= 0.6 is 0 Å². The van der Waals surface area contributed by atoms with Crippen LogP contribution in [0.3, 0.4) is 0 Å². The first-order valence-corrected chi connectivity index (χ1v) is 16.5. The fraction of sp³-hybridized carbons (Fsp3) is 0.325. The van der Waals surface area contributed by atoms with Gasteiger partial charge < -0.3 is 20.1 Å². The fourth-order valence-electron chi connectivity index (χ4n) is 5.57. The molecule has 4 aromatic rings. The third-order valence-corrected chi connectivity index (χ3v) is 8.08. The van der Waals surface area contributed by atoms with E-state index in [1.54, 1.807) is 0 Å². The van der Waals surface area contributed by atoms with Gasteiger partial charge in [-0.25, -0.2) is 9.59 Å². The molecule has 1 unspecified atom stereocenters. The summed E-state index contributed by atoms with van der Waals surface area (Å²) in [5.41, 5.74) is 5.07. The van der Waals surface area contributed by atoms with Crippen molar-refractivity contribution in [2.45, 2.75) is 58.6 Å². The number of carbonyl (C=O) groups is 3. The van der Waals surface area contributed by atoms with E-state index in [0.29, 0.717) is 13.0 Å². The quantitative estimate of drug-likeness (QED) is 0.0913. The van der Waals surface area contributed by atoms with Crippen molar-refractivity contribution < 1.29 is 24.2 Å². The van der Waals surface area contributed by atoms with Gasteiger partial charge in [0.15, 0.2) is 0 Å². The largest absolute Gasteiger partial charge is 0.481 e. The molecule has 0 saturated carbocycles. The Labute approximate surface area is 278 Å². The molecular formula is C40H46N2O5. The Hall–Kier alpha value is -4.91. The number of nitrogens with zero attached hydrogens (tertiary/aromatic N) is 1. The zero-order valence-corrected chi connectivity index (χ0v) is 27.4. The van der Waals surface area contributed by atoms with Gasteiger partial charge in [-0.05, 0) is 53.0 Å². The summed E-state index contributed by atoms with van der Waals surface area (Å²) < 4.78 is 5.67. The number of rotatable bonds is 17. The van der Waals surface area contributed by atoms with E-state index in [0.717, 1.165) is 41.5 Å². The van der Waals surface area contributed by atoms with Crippen molar-refractivity contribution in [2.75, 3.05) is 13.1 Å². The molecule has 0 aliphatic carbocycles. The van der Waals surface area contributed by atoms with Crippen LogP contribution in [-0.2, 0) is 33.8 Å². The summed E-state index contributed by atoms with van der Waals surface area (Å²) in [6.07, 6.45) is 3.16. The third-order valence-electron chi connectivity index (χ3n) is 8.08. The second-order valence-corrected chi connectivity index (χ2v) is 12.4. The van der Waals surface area contributed by atoms with E-state index < -0.39 is 29.9 Å². The minimum Gasteiger partial charge on any atom is -0.481 e. The van der Waals surface area contributed by atoms with Gasteiger partial charge in [0.2, 0.25) is 0 Å². The Balaban J connectivity index is 1.45. The molecule has 0 aliphatic heterocycles. The molecule has 0 saturated heterocycles. The van der Waals surface area contributed by atoms with Gasteiger partial charge in [-0.1, -0.05) is 136 Å². The number of aliphatic carboxylic acids is 1. The number of urea groups is 1. The number of hydrogen-bond acceptors (Lipinski definition) is 4. The average molecular weight is 635 g/mol. The number of carboxylic acid groups (broad SMARTS) is 1. The Morgan fingerprint density at radius 2 is 1.28 bits per heavy atom. The van der Waals surface area contributed by atoms with Crippen molar-refractivity contribution in [2.24, 2.45) is 11.8 Å². The fourth-order valence-corrected chi connectivity index (χ4v) is 5.57. The van der Waals surface area contributed by atoms with E-state index in [1.165, 1.54) is 10.5 Å². The molecule has 2 N–H and O–H groups in total. The number of carbonyl (C=O) groups excluding carboxylic acids is 2. The SMILES string of the molecule is CC(C)CN(CC(CCCCc1ccccc1)C(=O)O)C(=O)N[C@@H](Cc1ccc(-c2ccccc2)cc1)C(=O)OCc1ccccc1. The Kier molecular flexibility index (Phi) is 13.6. The molecule has 0 spiro atoms. The van der Waals surface area contributed by atoms with Gasteiger partial charge in [0.05, 0.1) is 5.92 Å². The van der Waals surface area contributed by atoms with E-state index in [9.17, 15) is 19.5 Å². The van der Waals surface area contributed by atoms with Gasteiger partial charge in [0, 0.05) is 19.5 Å². The molecule has 0 heterocycles. The van der Waals surface area contributed by atoms with Crippen LogP contribution in [0.15, 0.2) is 115 Å². The number of benzene rings is 4. The van der Waals surface area contributed by atoms with Crippen LogP contribution in [0.25, 0.3) is 11.1 Å². The van der Waals surface area contributed by atoms with E-state index in [4.69, 9.17) is 4.74 Å². The monoisotopic (exact) mass is 634 g/mol. The highest BCUT2D eigenvalue weighted by atomic mass is 16.5. The highest BCUT2D eigenvalue weighted by Crippen LogP contribution is 2.21. The number of ether oxygens (including phenoxy) is 1. The summed E-state index contributed by atoms with van der Waals surface area (Å²) >= 11 is 0. The van der Waals surface area contributed by atoms with Crippen molar-refractivity contribution in [3.8, 4) is 11.1 Å². The molecule has 47 heavy (non-hydrogen) atoms. The number of hydrogen-bond donors (Lipinski definition) is 2. The standard InChI is InChI=1S/C40H46N2O5/c1-30(2)27-42(28-36(38(43)44)21-13-12-16-31-14-6-3-7-15-31)40(46)41-37(39(45)47-29-33-17-8-4-9-18-33)26-32-22-24-35(25-23-32)34-19-10-5-11-20-34/h3-11,14-15,17-20,22-25,30,36-37H,12-13,16,21,26-29H2,1-2H3,(H,41,46)(H,43,44)/t36?,37-/m0/s1. The van der Waals surface area contributed by atoms with Crippen LogP contribution < -0.4 is 5.32 Å². The van der Waals surface area contributed by atoms with Crippen LogP contribution in [-0.4, -0.2) is 47.1 Å². The predicted molar refractivity (Wildman–Crippen MR) is 186 cm³/mol. The molecule has 4 aromatic carbocycles. The lowest BCUT2D eigenvalue weighted by atomic mass is 9.98. The number of amides is 2. The number of unbranched alkanes of at least 4 members (excludes halogenated alkanes) is 1. The van der Waals surface area contributed by atoms with Crippen molar-refractivity contribution in [3.05, 3.63) is 132 Å². The smallest absolute Gasteiger partial charge is 0.329 e. The highest BCUT2D eigenvalue weighted by Gasteiger charge is 2.29. The lowest BCUT2D eigenvalue weighted by molar-refractivity contribution is -0.147. The number of aryl methyl sites for hydroxylation is 1. The predicted octanol–water partition coefficient (Wildman–Crippen LogP) is 7.79. The lowest BCUT2D eigenvalue weighted by Gasteiger charge is -2.29. The Morgan fingerprint density at radius 1 is 0.702 bits per heavy atom. The van der Waals surface area contributed by atoms with Crippen molar-refractivity contribution in [1.82, 2.24) is 10.2 Å². The maximum absolute atomic E-state index is 13.8. The van der Waals surface area contributed by atoms with Gasteiger partial charge in [0.25, 0.3) is 0 Å². The summed E-state index contributed by atoms with van der Waals surface area (Å²) in [5.74, 6) is -2.09. The third kappa shape index (κ3) is 11.8. The maximum atomic E-state index is 13.8. The number of esters is 1. The van der Waals surface area contributed by atoms with Crippen LogP contribution in [0.1, 0.15) is 49.8 Å². The summed E-state index contributed by atoms with van der Waals surface area (Å²) in [4.78, 5) is 41.1. The molecule has 7 nitrogen and oxygen atoms in total. The molecule has 0 aromatic heterocycles. The van der Waals surface area contributed by atoms with Gasteiger partial charge in [0.1, 0.15) is 12.6 Å². The average Bonchev–Trinajstić information content (AvgIpc) is 3.09. The minimum atomic E-state index is -0.961. The summed E-state index contributed by atoms with van der Waals surface area (Å²) in [6, 6.07) is 36.0. The van der Waals surface area contributed by atoms with E-state index >= 15 is 0 Å². The van der Waals surface area contributed by atoms with E-state index in [-0.39, 0.29) is 25.5 Å². The molecule has 0 radical (unpaired) electrons. The zero-order valence-electron chi connectivity index (χ0n) is 27.4. The first-order chi connectivity index (χ1) is 22.8. The summed E-state index contributed by atoms with van der Waals surface area (Å²) in [7, 11) is 0. The first-order valence-electron chi connectivity index (χ1n) is 16.5. The number of carboxylic acids is 1. The van der Waals surface area contributed by atoms with Crippen LogP contribution in [0.4, 0.5) is 4.79 Å². The molecule has 246 valence electrons. The Bertz CT molecular complexity index is 1530. The van der Waals surface area contributed by atoms with Crippen LogP contribution in [0.2, 0.25) is 0 Å². The van der Waals surface area contributed by atoms with Gasteiger partial charge in [-0.15, -0.1) is 0 Å². The van der Waals surface area contributed by atoms with Crippen LogP contribution in [0, 0.1) is 11.8 Å². The van der Waals surface area contributed by atoms with E-state index in [1.807, 2.05) is 117 Å². The molecule has 0 bridgehead atoms. The summed E-state index contributed by atoms with van der Waals surface area (Å²) in [6.45, 7) is 4.46. The second kappa shape index (κ2) is 18.3. The van der Waals surface area contributed by atoms with Gasteiger partial charge in [-0.3, -0.25) is 4.79 Å². The van der Waals surface area contributed by atoms with Crippen molar-refractivity contribution in [1.29, 1.82) is 0 Å². The molecule has 0 fully saturated rings. The lowest BCUT2D eigenvalue weighted by Crippen LogP contribution is -2.51. The normalized spacial score (nSPS) is 12.2. The molecule has 0 aliphatic rings. The van der Waals surface area contributed by atoms with Crippen molar-refractivity contribution in [3.63, 3.8) is 0 Å².